The van der Waals surface area contributed by atoms with Gasteiger partial charge in [0.05, 0.1) is 5.41 Å². The van der Waals surface area contributed by atoms with Crippen molar-refractivity contribution in [3.05, 3.63) is 35.6 Å². The third-order valence-corrected chi connectivity index (χ3v) is 4.35. The smallest absolute Gasteiger partial charge is 0.225 e. The molecule has 0 aliphatic carbocycles. The van der Waals surface area contributed by atoms with E-state index in [1.807, 2.05) is 13.0 Å². The lowest BCUT2D eigenvalue weighted by Gasteiger charge is -2.35. The summed E-state index contributed by atoms with van der Waals surface area (Å²) >= 11 is 0. The molecule has 1 atom stereocenters. The van der Waals surface area contributed by atoms with E-state index in [0.29, 0.717) is 38.2 Å². The molecule has 1 heterocycles. The fourth-order valence-electron chi connectivity index (χ4n) is 2.82. The zero-order valence-electron chi connectivity index (χ0n) is 12.4. The minimum Gasteiger partial charge on any atom is -0.381 e. The van der Waals surface area contributed by atoms with E-state index in [9.17, 15) is 9.18 Å². The van der Waals surface area contributed by atoms with E-state index in [1.165, 1.54) is 6.07 Å². The number of primary amides is 1. The molecule has 0 bridgehead atoms. The molecule has 0 radical (unpaired) electrons. The average molecular weight is 294 g/mol. The predicted octanol–water partition coefficient (Wildman–Crippen LogP) is 2.15. The summed E-state index contributed by atoms with van der Waals surface area (Å²) in [5.74, 6) is -0.529. The molecule has 3 N–H and O–H groups in total. The Morgan fingerprint density at radius 3 is 2.67 bits per heavy atom. The normalized spacial score (nSPS) is 19.1. The van der Waals surface area contributed by atoms with Gasteiger partial charge in [-0.25, -0.2) is 4.39 Å². The molecule has 0 saturated carbocycles. The summed E-state index contributed by atoms with van der Waals surface area (Å²) in [6, 6.07) is 6.61. The van der Waals surface area contributed by atoms with E-state index < -0.39 is 5.41 Å². The Kier molecular flexibility index (Phi) is 5.31. The molecule has 1 fully saturated rings. The predicted molar refractivity (Wildman–Crippen MR) is 79.1 cm³/mol. The fourth-order valence-corrected chi connectivity index (χ4v) is 2.82. The summed E-state index contributed by atoms with van der Waals surface area (Å²) in [5, 5.41) is 3.32. The second-order valence-electron chi connectivity index (χ2n) is 5.62. The monoisotopic (exact) mass is 294 g/mol. The average Bonchev–Trinajstić information content (AvgIpc) is 2.50. The number of benzene rings is 1. The van der Waals surface area contributed by atoms with Crippen molar-refractivity contribution in [2.75, 3.05) is 19.8 Å². The highest BCUT2D eigenvalue weighted by Gasteiger charge is 2.38. The van der Waals surface area contributed by atoms with Crippen LogP contribution < -0.4 is 11.1 Å². The van der Waals surface area contributed by atoms with Crippen LogP contribution >= 0.6 is 0 Å². The number of rotatable bonds is 6. The van der Waals surface area contributed by atoms with Gasteiger partial charge in [-0.3, -0.25) is 4.79 Å². The quantitative estimate of drug-likeness (QED) is 0.845. The van der Waals surface area contributed by atoms with E-state index in [0.717, 1.165) is 6.42 Å². The van der Waals surface area contributed by atoms with Crippen LogP contribution in [-0.4, -0.2) is 25.7 Å². The molecule has 116 valence electrons. The van der Waals surface area contributed by atoms with E-state index in [4.69, 9.17) is 10.5 Å². The first-order valence-corrected chi connectivity index (χ1v) is 7.44. The lowest BCUT2D eigenvalue weighted by atomic mass is 9.79. The van der Waals surface area contributed by atoms with E-state index in [2.05, 4.69) is 5.32 Å². The van der Waals surface area contributed by atoms with E-state index in [-0.39, 0.29) is 17.8 Å². The van der Waals surface area contributed by atoms with Gasteiger partial charge in [0.1, 0.15) is 5.82 Å². The van der Waals surface area contributed by atoms with Crippen molar-refractivity contribution in [1.29, 1.82) is 0 Å². The van der Waals surface area contributed by atoms with Crippen molar-refractivity contribution >= 4 is 5.91 Å². The summed E-state index contributed by atoms with van der Waals surface area (Å²) in [7, 11) is 0. The number of carbonyl (C=O) groups is 1. The molecule has 5 heteroatoms. The molecular weight excluding hydrogens is 271 g/mol. The van der Waals surface area contributed by atoms with Crippen molar-refractivity contribution in [3.8, 4) is 0 Å². The SMILES string of the molecule is CC[C@@H](NCC1(C(N)=O)CCOCC1)c1ccccc1F. The fraction of sp³-hybridized carbons (Fsp3) is 0.562. The molecule has 21 heavy (non-hydrogen) atoms. The number of nitrogens with one attached hydrogen (secondary N) is 1. The van der Waals surface area contributed by atoms with Gasteiger partial charge in [0, 0.05) is 31.4 Å². The van der Waals surface area contributed by atoms with Crippen molar-refractivity contribution in [3.63, 3.8) is 0 Å². The number of ether oxygens (including phenoxy) is 1. The molecule has 1 aliphatic heterocycles. The van der Waals surface area contributed by atoms with Gasteiger partial charge in [0.25, 0.3) is 0 Å². The van der Waals surface area contributed by atoms with Gasteiger partial charge in [-0.05, 0) is 25.3 Å². The molecule has 1 aromatic carbocycles. The molecule has 4 nitrogen and oxygen atoms in total. The molecule has 0 unspecified atom stereocenters. The number of carbonyl (C=O) groups excluding carboxylic acids is 1. The van der Waals surface area contributed by atoms with Gasteiger partial charge >= 0.3 is 0 Å². The zero-order chi connectivity index (χ0) is 15.3. The molecule has 1 aliphatic rings. The van der Waals surface area contributed by atoms with Crippen LogP contribution in [0.15, 0.2) is 24.3 Å². The first-order chi connectivity index (χ1) is 10.1. The van der Waals surface area contributed by atoms with Crippen LogP contribution in [0.2, 0.25) is 0 Å². The van der Waals surface area contributed by atoms with Crippen LogP contribution in [0.25, 0.3) is 0 Å². The van der Waals surface area contributed by atoms with Gasteiger partial charge in [-0.2, -0.15) is 0 Å². The summed E-state index contributed by atoms with van der Waals surface area (Å²) in [4.78, 5) is 11.8. The van der Waals surface area contributed by atoms with Crippen molar-refractivity contribution in [2.45, 2.75) is 32.2 Å². The topological polar surface area (TPSA) is 64.3 Å². The van der Waals surface area contributed by atoms with E-state index >= 15 is 0 Å². The Balaban J connectivity index is 2.08. The Morgan fingerprint density at radius 1 is 1.43 bits per heavy atom. The van der Waals surface area contributed by atoms with Crippen molar-refractivity contribution in [1.82, 2.24) is 5.32 Å². The maximum Gasteiger partial charge on any atom is 0.225 e. The van der Waals surface area contributed by atoms with Crippen LogP contribution in [-0.2, 0) is 9.53 Å². The largest absolute Gasteiger partial charge is 0.381 e. The molecule has 1 saturated heterocycles. The van der Waals surface area contributed by atoms with Crippen LogP contribution in [0.3, 0.4) is 0 Å². The maximum atomic E-state index is 13.9. The third-order valence-electron chi connectivity index (χ3n) is 4.35. The maximum absolute atomic E-state index is 13.9. The minimum atomic E-state index is -0.586. The van der Waals surface area contributed by atoms with Gasteiger partial charge in [0.2, 0.25) is 5.91 Å². The number of amides is 1. The first kappa shape index (κ1) is 15.9. The Morgan fingerprint density at radius 2 is 2.10 bits per heavy atom. The number of hydrogen-bond acceptors (Lipinski definition) is 3. The highest BCUT2D eigenvalue weighted by atomic mass is 19.1. The number of hydrogen-bond donors (Lipinski definition) is 2. The molecule has 2 rings (SSSR count). The van der Waals surface area contributed by atoms with Crippen LogP contribution in [0.1, 0.15) is 37.8 Å². The van der Waals surface area contributed by atoms with Crippen LogP contribution in [0.5, 0.6) is 0 Å². The minimum absolute atomic E-state index is 0.120. The second kappa shape index (κ2) is 7.00. The molecule has 1 aromatic rings. The second-order valence-corrected chi connectivity index (χ2v) is 5.62. The summed E-state index contributed by atoms with van der Waals surface area (Å²) < 4.78 is 19.2. The van der Waals surface area contributed by atoms with E-state index in [1.54, 1.807) is 12.1 Å². The molecule has 0 spiro atoms. The summed E-state index contributed by atoms with van der Waals surface area (Å²) in [5.41, 5.74) is 5.63. The third kappa shape index (κ3) is 3.60. The van der Waals surface area contributed by atoms with Crippen molar-refractivity contribution < 1.29 is 13.9 Å². The lowest BCUT2D eigenvalue weighted by Crippen LogP contribution is -2.49. The van der Waals surface area contributed by atoms with Crippen LogP contribution in [0, 0.1) is 11.2 Å². The molecule has 1 amide bonds. The molecule has 0 aromatic heterocycles. The first-order valence-electron chi connectivity index (χ1n) is 7.44. The number of nitrogens with two attached hydrogens (primary N) is 1. The number of halogens is 1. The highest BCUT2D eigenvalue weighted by molar-refractivity contribution is 5.81. The standard InChI is InChI=1S/C16H23FN2O2/c1-2-14(12-5-3-4-6-13(12)17)19-11-16(15(18)20)7-9-21-10-8-16/h3-6,14,19H,2,7-11H2,1H3,(H2,18,20)/t14-/m1/s1. The van der Waals surface area contributed by atoms with Crippen molar-refractivity contribution in [2.24, 2.45) is 11.1 Å². The summed E-state index contributed by atoms with van der Waals surface area (Å²) in [6.07, 6.45) is 1.97. The summed E-state index contributed by atoms with van der Waals surface area (Å²) in [6.45, 7) is 3.53. The van der Waals surface area contributed by atoms with Gasteiger partial charge in [0.15, 0.2) is 0 Å². The van der Waals surface area contributed by atoms with Gasteiger partial charge in [-0.1, -0.05) is 25.1 Å². The van der Waals surface area contributed by atoms with Gasteiger partial charge in [-0.15, -0.1) is 0 Å². The highest BCUT2D eigenvalue weighted by Crippen LogP contribution is 2.31. The van der Waals surface area contributed by atoms with Gasteiger partial charge < -0.3 is 15.8 Å². The lowest BCUT2D eigenvalue weighted by molar-refractivity contribution is -0.133. The Bertz CT molecular complexity index is 487. The molecular formula is C16H23FN2O2. The van der Waals surface area contributed by atoms with Crippen LogP contribution in [0.4, 0.5) is 4.39 Å². The Hall–Kier alpha value is -1.46. The zero-order valence-corrected chi connectivity index (χ0v) is 12.4. The Labute approximate surface area is 124 Å².